The summed E-state index contributed by atoms with van der Waals surface area (Å²) in [6, 6.07) is 9.09. The third-order valence-corrected chi connectivity index (χ3v) is 3.56. The van der Waals surface area contributed by atoms with Gasteiger partial charge in [0.1, 0.15) is 0 Å². The van der Waals surface area contributed by atoms with Gasteiger partial charge >= 0.3 is 0 Å². The average molecular weight is 318 g/mol. The van der Waals surface area contributed by atoms with Crippen molar-refractivity contribution in [2.45, 2.75) is 13.8 Å². The van der Waals surface area contributed by atoms with Crippen LogP contribution < -0.4 is 14.9 Å². The van der Waals surface area contributed by atoms with E-state index in [9.17, 15) is 4.79 Å². The van der Waals surface area contributed by atoms with E-state index in [0.29, 0.717) is 29.6 Å². The third-order valence-electron chi connectivity index (χ3n) is 2.69. The number of nitrogens with one attached hydrogen (secondary N) is 1. The molecule has 6 heteroatoms. The fraction of sp³-hybridized carbons (Fsp3) is 0.250. The first-order valence-corrected chi connectivity index (χ1v) is 7.89. The summed E-state index contributed by atoms with van der Waals surface area (Å²) in [6.45, 7) is 4.96. The van der Waals surface area contributed by atoms with Gasteiger partial charge in [-0.15, -0.1) is 11.3 Å². The number of ether oxygens (including phenoxy) is 2. The lowest BCUT2D eigenvalue weighted by molar-refractivity contribution is 0.0959. The van der Waals surface area contributed by atoms with E-state index < -0.39 is 0 Å². The van der Waals surface area contributed by atoms with Gasteiger partial charge in [0.15, 0.2) is 11.5 Å². The topological polar surface area (TPSA) is 59.9 Å². The predicted molar refractivity (Wildman–Crippen MR) is 88.2 cm³/mol. The van der Waals surface area contributed by atoms with E-state index in [-0.39, 0.29) is 5.91 Å². The van der Waals surface area contributed by atoms with E-state index in [1.807, 2.05) is 43.5 Å². The number of thiophene rings is 1. The molecule has 22 heavy (non-hydrogen) atoms. The van der Waals surface area contributed by atoms with Crippen LogP contribution in [0.25, 0.3) is 0 Å². The molecule has 1 N–H and O–H groups in total. The van der Waals surface area contributed by atoms with Crippen LogP contribution in [0.5, 0.6) is 11.5 Å². The Hall–Kier alpha value is -2.34. The van der Waals surface area contributed by atoms with Gasteiger partial charge in [-0.3, -0.25) is 4.79 Å². The molecule has 0 saturated heterocycles. The first-order chi connectivity index (χ1) is 10.7. The van der Waals surface area contributed by atoms with Gasteiger partial charge in [0, 0.05) is 0 Å². The maximum Gasteiger partial charge on any atom is 0.281 e. The second-order valence-electron chi connectivity index (χ2n) is 4.25. The summed E-state index contributed by atoms with van der Waals surface area (Å²) >= 11 is 1.37. The monoisotopic (exact) mass is 318 g/mol. The summed E-state index contributed by atoms with van der Waals surface area (Å²) in [7, 11) is 0. The second kappa shape index (κ2) is 8.19. The van der Waals surface area contributed by atoms with Crippen molar-refractivity contribution in [3.8, 4) is 11.5 Å². The zero-order valence-electron chi connectivity index (χ0n) is 12.5. The summed E-state index contributed by atoms with van der Waals surface area (Å²) in [4.78, 5) is 12.4. The molecule has 2 rings (SSSR count). The molecule has 1 amide bonds. The fourth-order valence-electron chi connectivity index (χ4n) is 1.78. The number of hydrogen-bond acceptors (Lipinski definition) is 5. The van der Waals surface area contributed by atoms with Crippen molar-refractivity contribution in [2.24, 2.45) is 5.10 Å². The highest BCUT2D eigenvalue weighted by Crippen LogP contribution is 2.27. The first-order valence-electron chi connectivity index (χ1n) is 7.01. The summed E-state index contributed by atoms with van der Waals surface area (Å²) in [5, 5.41) is 5.81. The van der Waals surface area contributed by atoms with E-state index in [4.69, 9.17) is 9.47 Å². The van der Waals surface area contributed by atoms with Gasteiger partial charge in [0.05, 0.1) is 24.3 Å². The number of benzene rings is 1. The molecule has 0 fully saturated rings. The molecule has 5 nitrogen and oxygen atoms in total. The van der Waals surface area contributed by atoms with Crippen LogP contribution in [0.15, 0.2) is 40.8 Å². The van der Waals surface area contributed by atoms with Crippen LogP contribution >= 0.6 is 11.3 Å². The van der Waals surface area contributed by atoms with Gasteiger partial charge in [-0.05, 0) is 49.1 Å². The van der Waals surface area contributed by atoms with Crippen molar-refractivity contribution in [2.75, 3.05) is 13.2 Å². The first kappa shape index (κ1) is 16.0. The van der Waals surface area contributed by atoms with Crippen LogP contribution in [0, 0.1) is 0 Å². The molecule has 1 aromatic carbocycles. The molecule has 0 atom stereocenters. The van der Waals surface area contributed by atoms with E-state index in [1.165, 1.54) is 11.3 Å². The molecule has 0 aliphatic heterocycles. The molecule has 2 aromatic rings. The Morgan fingerprint density at radius 2 is 2.00 bits per heavy atom. The molecule has 0 aliphatic carbocycles. The Morgan fingerprint density at radius 3 is 2.68 bits per heavy atom. The van der Waals surface area contributed by atoms with E-state index in [1.54, 1.807) is 12.3 Å². The maximum atomic E-state index is 11.7. The predicted octanol–water partition coefficient (Wildman–Crippen LogP) is 3.31. The zero-order valence-corrected chi connectivity index (χ0v) is 13.4. The summed E-state index contributed by atoms with van der Waals surface area (Å²) in [5.74, 6) is 1.14. The number of amides is 1. The van der Waals surface area contributed by atoms with Gasteiger partial charge in [-0.2, -0.15) is 5.10 Å². The maximum absolute atomic E-state index is 11.7. The molecule has 0 radical (unpaired) electrons. The molecule has 0 aliphatic rings. The standard InChI is InChI=1S/C16H18N2O3S/c1-3-20-13-8-7-12(10-14(13)21-4-2)11-17-18-16(19)15-6-5-9-22-15/h5-11H,3-4H2,1-2H3,(H,18,19)/b17-11+. The molecule has 1 aromatic heterocycles. The van der Waals surface area contributed by atoms with Crippen LogP contribution in [0.4, 0.5) is 0 Å². The molecule has 0 unspecified atom stereocenters. The van der Waals surface area contributed by atoms with E-state index in [2.05, 4.69) is 10.5 Å². The number of rotatable bonds is 7. The summed E-state index contributed by atoms with van der Waals surface area (Å²) in [5.41, 5.74) is 3.31. The second-order valence-corrected chi connectivity index (χ2v) is 5.20. The lowest BCUT2D eigenvalue weighted by Gasteiger charge is -2.11. The zero-order chi connectivity index (χ0) is 15.8. The van der Waals surface area contributed by atoms with Crippen molar-refractivity contribution in [3.05, 3.63) is 46.2 Å². The van der Waals surface area contributed by atoms with Crippen LogP contribution in [0.1, 0.15) is 29.1 Å². The molecule has 1 heterocycles. The Bertz CT molecular complexity index is 639. The quantitative estimate of drug-likeness (QED) is 0.629. The van der Waals surface area contributed by atoms with Crippen molar-refractivity contribution in [3.63, 3.8) is 0 Å². The van der Waals surface area contributed by atoms with Crippen LogP contribution in [0.2, 0.25) is 0 Å². The lowest BCUT2D eigenvalue weighted by atomic mass is 10.2. The van der Waals surface area contributed by atoms with Crippen molar-refractivity contribution in [1.82, 2.24) is 5.43 Å². The Morgan fingerprint density at radius 1 is 1.23 bits per heavy atom. The number of carbonyl (C=O) groups excluding carboxylic acids is 1. The van der Waals surface area contributed by atoms with Crippen LogP contribution in [-0.2, 0) is 0 Å². The Balaban J connectivity index is 2.04. The van der Waals surface area contributed by atoms with Crippen LogP contribution in [-0.4, -0.2) is 25.3 Å². The highest BCUT2D eigenvalue weighted by atomic mass is 32.1. The SMILES string of the molecule is CCOc1ccc(/C=N/NC(=O)c2cccs2)cc1OCC. The molecular formula is C16H18N2O3S. The van der Waals surface area contributed by atoms with E-state index >= 15 is 0 Å². The number of nitrogens with zero attached hydrogens (tertiary/aromatic N) is 1. The Labute approximate surface area is 133 Å². The fourth-order valence-corrected chi connectivity index (χ4v) is 2.39. The number of hydrazone groups is 1. The van der Waals surface area contributed by atoms with Gasteiger partial charge in [0.2, 0.25) is 0 Å². The molecule has 116 valence electrons. The highest BCUT2D eigenvalue weighted by molar-refractivity contribution is 7.12. The largest absolute Gasteiger partial charge is 0.490 e. The van der Waals surface area contributed by atoms with Gasteiger partial charge in [0.25, 0.3) is 5.91 Å². The molecule has 0 saturated carbocycles. The minimum Gasteiger partial charge on any atom is -0.490 e. The molecule has 0 bridgehead atoms. The summed E-state index contributed by atoms with van der Waals surface area (Å²) in [6.07, 6.45) is 1.57. The average Bonchev–Trinajstić information content (AvgIpc) is 3.04. The minimum atomic E-state index is -0.220. The van der Waals surface area contributed by atoms with E-state index in [0.717, 1.165) is 5.56 Å². The lowest BCUT2D eigenvalue weighted by Crippen LogP contribution is -2.16. The van der Waals surface area contributed by atoms with Crippen LogP contribution in [0.3, 0.4) is 0 Å². The molecule has 0 spiro atoms. The normalized spacial score (nSPS) is 10.6. The van der Waals surface area contributed by atoms with Crippen molar-refractivity contribution < 1.29 is 14.3 Å². The smallest absolute Gasteiger partial charge is 0.281 e. The molecular weight excluding hydrogens is 300 g/mol. The van der Waals surface area contributed by atoms with Gasteiger partial charge < -0.3 is 9.47 Å². The van der Waals surface area contributed by atoms with Crippen molar-refractivity contribution >= 4 is 23.5 Å². The number of hydrogen-bond donors (Lipinski definition) is 1. The summed E-state index contributed by atoms with van der Waals surface area (Å²) < 4.78 is 11.0. The third kappa shape index (κ3) is 4.33. The van der Waals surface area contributed by atoms with Crippen molar-refractivity contribution in [1.29, 1.82) is 0 Å². The Kier molecular flexibility index (Phi) is 5.97. The number of carbonyl (C=O) groups is 1. The highest BCUT2D eigenvalue weighted by Gasteiger charge is 2.06. The minimum absolute atomic E-state index is 0.220. The van der Waals surface area contributed by atoms with Gasteiger partial charge in [-0.25, -0.2) is 5.43 Å². The van der Waals surface area contributed by atoms with Gasteiger partial charge in [-0.1, -0.05) is 6.07 Å².